The van der Waals surface area contributed by atoms with Gasteiger partial charge in [-0.15, -0.1) is 0 Å². The number of rotatable bonds is 5. The van der Waals surface area contributed by atoms with Gasteiger partial charge in [-0.05, 0) is 31.7 Å². The summed E-state index contributed by atoms with van der Waals surface area (Å²) >= 11 is 6.25. The summed E-state index contributed by atoms with van der Waals surface area (Å²) in [7, 11) is 0. The van der Waals surface area contributed by atoms with Crippen molar-refractivity contribution < 1.29 is 4.74 Å². The molecular formula is C16H24ClNO. The first kappa shape index (κ1) is 14.8. The van der Waals surface area contributed by atoms with E-state index in [0.717, 1.165) is 17.2 Å². The molecule has 106 valence electrons. The van der Waals surface area contributed by atoms with Crippen molar-refractivity contribution in [2.24, 2.45) is 11.7 Å². The van der Waals surface area contributed by atoms with E-state index in [1.54, 1.807) is 0 Å². The first-order chi connectivity index (χ1) is 9.18. The Morgan fingerprint density at radius 3 is 2.58 bits per heavy atom. The molecule has 19 heavy (non-hydrogen) atoms. The van der Waals surface area contributed by atoms with Crippen molar-refractivity contribution in [2.45, 2.75) is 51.2 Å². The zero-order valence-electron chi connectivity index (χ0n) is 11.6. The molecule has 0 bridgehead atoms. The van der Waals surface area contributed by atoms with Gasteiger partial charge in [0, 0.05) is 16.6 Å². The van der Waals surface area contributed by atoms with Gasteiger partial charge in [0.1, 0.15) is 0 Å². The Bertz CT molecular complexity index is 388. The highest BCUT2D eigenvalue weighted by Crippen LogP contribution is 2.30. The van der Waals surface area contributed by atoms with Crippen LogP contribution in [-0.4, -0.2) is 12.6 Å². The van der Waals surface area contributed by atoms with Gasteiger partial charge in [-0.2, -0.15) is 0 Å². The Morgan fingerprint density at radius 2 is 1.95 bits per heavy atom. The van der Waals surface area contributed by atoms with Crippen molar-refractivity contribution in [3.05, 3.63) is 34.9 Å². The number of hydrogen-bond acceptors (Lipinski definition) is 2. The van der Waals surface area contributed by atoms with Crippen LogP contribution in [0.25, 0.3) is 0 Å². The molecule has 1 aliphatic carbocycles. The second-order valence-corrected chi connectivity index (χ2v) is 6.05. The predicted octanol–water partition coefficient (Wildman–Crippen LogP) is 4.33. The van der Waals surface area contributed by atoms with E-state index in [4.69, 9.17) is 22.1 Å². The Balaban J connectivity index is 1.98. The smallest absolute Gasteiger partial charge is 0.0987 e. The van der Waals surface area contributed by atoms with Gasteiger partial charge in [0.05, 0.1) is 12.7 Å². The Morgan fingerprint density at radius 1 is 1.26 bits per heavy atom. The molecule has 2 unspecified atom stereocenters. The molecule has 2 nitrogen and oxygen atoms in total. The van der Waals surface area contributed by atoms with Gasteiger partial charge >= 0.3 is 0 Å². The van der Waals surface area contributed by atoms with Crippen molar-refractivity contribution in [3.8, 4) is 0 Å². The van der Waals surface area contributed by atoms with Crippen LogP contribution in [0.3, 0.4) is 0 Å². The molecule has 2 rings (SSSR count). The maximum absolute atomic E-state index is 6.25. The molecule has 0 aliphatic heterocycles. The van der Waals surface area contributed by atoms with Gasteiger partial charge in [-0.1, -0.05) is 49.1 Å². The Labute approximate surface area is 121 Å². The molecule has 0 heterocycles. The lowest BCUT2D eigenvalue weighted by molar-refractivity contribution is 0.00828. The Kier molecular flexibility index (Phi) is 5.68. The minimum atomic E-state index is -0.101. The zero-order chi connectivity index (χ0) is 13.7. The van der Waals surface area contributed by atoms with Crippen LogP contribution < -0.4 is 5.73 Å². The lowest BCUT2D eigenvalue weighted by Gasteiger charge is -2.27. The third-order valence-corrected chi connectivity index (χ3v) is 4.27. The number of halogens is 1. The van der Waals surface area contributed by atoms with E-state index >= 15 is 0 Å². The van der Waals surface area contributed by atoms with E-state index in [2.05, 4.69) is 0 Å². The highest BCUT2D eigenvalue weighted by atomic mass is 35.5. The van der Waals surface area contributed by atoms with Gasteiger partial charge in [0.15, 0.2) is 0 Å². The van der Waals surface area contributed by atoms with Gasteiger partial charge in [-0.3, -0.25) is 0 Å². The summed E-state index contributed by atoms with van der Waals surface area (Å²) in [6.45, 7) is 2.78. The second kappa shape index (κ2) is 7.28. The predicted molar refractivity (Wildman–Crippen MR) is 80.4 cm³/mol. The molecule has 0 saturated heterocycles. The van der Waals surface area contributed by atoms with Gasteiger partial charge in [0.25, 0.3) is 0 Å². The van der Waals surface area contributed by atoms with Crippen LogP contribution in [-0.2, 0) is 4.74 Å². The number of hydrogen-bond donors (Lipinski definition) is 1. The van der Waals surface area contributed by atoms with Gasteiger partial charge in [0.2, 0.25) is 0 Å². The van der Waals surface area contributed by atoms with Crippen LogP contribution in [0.1, 0.15) is 50.7 Å². The zero-order valence-corrected chi connectivity index (χ0v) is 12.4. The number of benzene rings is 1. The summed E-state index contributed by atoms with van der Waals surface area (Å²) in [5.74, 6) is 0.692. The standard InChI is InChI=1S/C16H24ClNO/c1-12(18)16(14-9-5-6-10-15(14)17)19-11-13-7-3-2-4-8-13/h5-6,9-10,12-13,16H,2-4,7-8,11,18H2,1H3. The maximum Gasteiger partial charge on any atom is 0.0987 e. The van der Waals surface area contributed by atoms with Crippen LogP contribution in [0.2, 0.25) is 5.02 Å². The highest BCUT2D eigenvalue weighted by Gasteiger charge is 2.22. The molecule has 0 aromatic heterocycles. The molecule has 0 amide bonds. The fourth-order valence-corrected chi connectivity index (χ4v) is 3.07. The van der Waals surface area contributed by atoms with E-state index in [0.29, 0.717) is 5.92 Å². The summed E-state index contributed by atoms with van der Waals surface area (Å²) in [6, 6.07) is 7.78. The molecule has 1 aliphatic rings. The lowest BCUT2D eigenvalue weighted by atomic mass is 9.90. The van der Waals surface area contributed by atoms with Crippen molar-refractivity contribution in [2.75, 3.05) is 6.61 Å². The molecule has 3 heteroatoms. The fraction of sp³-hybridized carbons (Fsp3) is 0.625. The summed E-state index contributed by atoms with van der Waals surface area (Å²) in [6.07, 6.45) is 6.52. The van der Waals surface area contributed by atoms with E-state index in [9.17, 15) is 0 Å². The average molecular weight is 282 g/mol. The van der Waals surface area contributed by atoms with Crippen molar-refractivity contribution >= 4 is 11.6 Å². The van der Waals surface area contributed by atoms with Crippen molar-refractivity contribution in [1.29, 1.82) is 0 Å². The molecule has 0 spiro atoms. The first-order valence-electron chi connectivity index (χ1n) is 7.30. The largest absolute Gasteiger partial charge is 0.372 e. The van der Waals surface area contributed by atoms with Gasteiger partial charge in [-0.25, -0.2) is 0 Å². The lowest BCUT2D eigenvalue weighted by Crippen LogP contribution is -2.29. The fourth-order valence-electron chi connectivity index (χ4n) is 2.82. The SMILES string of the molecule is CC(N)C(OCC1CCCCC1)c1ccccc1Cl. The summed E-state index contributed by atoms with van der Waals surface area (Å²) in [5, 5.41) is 0.744. The van der Waals surface area contributed by atoms with E-state index in [1.165, 1.54) is 32.1 Å². The van der Waals surface area contributed by atoms with Crippen LogP contribution in [0.4, 0.5) is 0 Å². The van der Waals surface area contributed by atoms with Crippen LogP contribution in [0.5, 0.6) is 0 Å². The highest BCUT2D eigenvalue weighted by molar-refractivity contribution is 6.31. The molecule has 1 aromatic rings. The van der Waals surface area contributed by atoms with Crippen molar-refractivity contribution in [3.63, 3.8) is 0 Å². The second-order valence-electron chi connectivity index (χ2n) is 5.64. The molecular weight excluding hydrogens is 258 g/mol. The van der Waals surface area contributed by atoms with Crippen LogP contribution in [0.15, 0.2) is 24.3 Å². The molecule has 1 aromatic carbocycles. The van der Waals surface area contributed by atoms with Crippen molar-refractivity contribution in [1.82, 2.24) is 0 Å². The minimum absolute atomic E-state index is 0.0523. The first-order valence-corrected chi connectivity index (χ1v) is 7.68. The monoisotopic (exact) mass is 281 g/mol. The Hall–Kier alpha value is -0.570. The maximum atomic E-state index is 6.25. The third kappa shape index (κ3) is 4.20. The van der Waals surface area contributed by atoms with E-state index in [-0.39, 0.29) is 12.1 Å². The number of ether oxygens (including phenoxy) is 1. The molecule has 2 atom stereocenters. The van der Waals surface area contributed by atoms with E-state index in [1.807, 2.05) is 31.2 Å². The average Bonchev–Trinajstić information content (AvgIpc) is 2.42. The minimum Gasteiger partial charge on any atom is -0.372 e. The van der Waals surface area contributed by atoms with Crippen LogP contribution >= 0.6 is 11.6 Å². The number of nitrogens with two attached hydrogens (primary N) is 1. The van der Waals surface area contributed by atoms with E-state index < -0.39 is 0 Å². The molecule has 1 fully saturated rings. The molecule has 0 radical (unpaired) electrons. The molecule has 1 saturated carbocycles. The van der Waals surface area contributed by atoms with Crippen LogP contribution in [0, 0.1) is 5.92 Å². The normalized spacial score (nSPS) is 20.2. The summed E-state index contributed by atoms with van der Waals surface area (Å²) in [4.78, 5) is 0. The summed E-state index contributed by atoms with van der Waals surface area (Å²) in [5.41, 5.74) is 7.08. The third-order valence-electron chi connectivity index (χ3n) is 3.93. The molecule has 2 N–H and O–H groups in total. The topological polar surface area (TPSA) is 35.2 Å². The quantitative estimate of drug-likeness (QED) is 0.872. The summed E-state index contributed by atoms with van der Waals surface area (Å²) < 4.78 is 6.10. The van der Waals surface area contributed by atoms with Gasteiger partial charge < -0.3 is 10.5 Å².